The highest BCUT2D eigenvalue weighted by molar-refractivity contribution is 7.68. The highest BCUT2D eigenvalue weighted by atomic mass is 31.1. The molecule has 0 aromatic heterocycles. The standard InChI is InChI=1S/C15H17OP/c1-3-16-17(14-10-5-4-6-11-14)15-12-8-7-9-13(15)2/h4-12H,3H2,1-2H3. The number of hydrogen-bond donors (Lipinski definition) is 0. The molecular formula is C15H17OP. The molecule has 2 rings (SSSR count). The number of hydrogen-bond acceptors (Lipinski definition) is 1. The van der Waals surface area contributed by atoms with Crippen molar-refractivity contribution in [2.75, 3.05) is 6.61 Å². The molecule has 0 fully saturated rings. The van der Waals surface area contributed by atoms with E-state index in [9.17, 15) is 0 Å². The molecule has 0 aliphatic carbocycles. The summed E-state index contributed by atoms with van der Waals surface area (Å²) in [6, 6.07) is 18.9. The van der Waals surface area contributed by atoms with Crippen LogP contribution < -0.4 is 10.6 Å². The first-order chi connectivity index (χ1) is 8.33. The lowest BCUT2D eigenvalue weighted by Crippen LogP contribution is -2.15. The van der Waals surface area contributed by atoms with Gasteiger partial charge in [0, 0.05) is 17.2 Å². The fourth-order valence-corrected chi connectivity index (χ4v) is 3.65. The molecule has 0 aliphatic heterocycles. The van der Waals surface area contributed by atoms with Crippen LogP contribution in [0.5, 0.6) is 0 Å². The molecule has 0 saturated carbocycles. The molecule has 0 amide bonds. The van der Waals surface area contributed by atoms with Crippen LogP contribution >= 0.6 is 8.15 Å². The van der Waals surface area contributed by atoms with E-state index in [1.54, 1.807) is 0 Å². The van der Waals surface area contributed by atoms with Gasteiger partial charge in [-0.2, -0.15) is 0 Å². The summed E-state index contributed by atoms with van der Waals surface area (Å²) in [6.07, 6.45) is 0. The summed E-state index contributed by atoms with van der Waals surface area (Å²) in [7, 11) is -0.672. The molecule has 0 radical (unpaired) electrons. The van der Waals surface area contributed by atoms with E-state index in [1.165, 1.54) is 16.2 Å². The van der Waals surface area contributed by atoms with E-state index in [-0.39, 0.29) is 0 Å². The topological polar surface area (TPSA) is 9.23 Å². The van der Waals surface area contributed by atoms with E-state index < -0.39 is 8.15 Å². The minimum atomic E-state index is -0.672. The molecule has 1 atom stereocenters. The van der Waals surface area contributed by atoms with Crippen LogP contribution in [0.3, 0.4) is 0 Å². The minimum Gasteiger partial charge on any atom is -0.350 e. The third-order valence-corrected chi connectivity index (χ3v) is 4.81. The van der Waals surface area contributed by atoms with Gasteiger partial charge in [-0.3, -0.25) is 0 Å². The summed E-state index contributed by atoms with van der Waals surface area (Å²) in [4.78, 5) is 0. The summed E-state index contributed by atoms with van der Waals surface area (Å²) in [5.41, 5.74) is 1.30. The highest BCUT2D eigenvalue weighted by Gasteiger charge is 2.15. The van der Waals surface area contributed by atoms with Crippen LogP contribution in [0.25, 0.3) is 0 Å². The lowest BCUT2D eigenvalue weighted by molar-refractivity contribution is 0.388. The Hall–Kier alpha value is -1.17. The number of benzene rings is 2. The van der Waals surface area contributed by atoms with Gasteiger partial charge in [-0.05, 0) is 19.4 Å². The molecular weight excluding hydrogens is 227 g/mol. The van der Waals surface area contributed by atoms with Crippen molar-refractivity contribution in [3.05, 3.63) is 60.2 Å². The Labute approximate surface area is 104 Å². The molecule has 0 bridgehead atoms. The van der Waals surface area contributed by atoms with Gasteiger partial charge in [-0.15, -0.1) is 0 Å². The summed E-state index contributed by atoms with van der Waals surface area (Å²) < 4.78 is 5.96. The van der Waals surface area contributed by atoms with Crippen LogP contribution in [-0.4, -0.2) is 6.61 Å². The Morgan fingerprint density at radius 1 is 0.941 bits per heavy atom. The molecule has 0 aliphatic rings. The maximum Gasteiger partial charge on any atom is 0.0919 e. The molecule has 0 spiro atoms. The minimum absolute atomic E-state index is 0.672. The van der Waals surface area contributed by atoms with Crippen molar-refractivity contribution in [1.29, 1.82) is 0 Å². The third kappa shape index (κ3) is 2.94. The van der Waals surface area contributed by atoms with Crippen LogP contribution in [0.4, 0.5) is 0 Å². The second kappa shape index (κ2) is 5.95. The Morgan fingerprint density at radius 3 is 2.24 bits per heavy atom. The van der Waals surface area contributed by atoms with Crippen molar-refractivity contribution >= 4 is 18.8 Å². The predicted molar refractivity (Wildman–Crippen MR) is 75.4 cm³/mol. The summed E-state index contributed by atoms with van der Waals surface area (Å²) in [5, 5.41) is 2.59. The third-order valence-electron chi connectivity index (χ3n) is 2.58. The van der Waals surface area contributed by atoms with Crippen molar-refractivity contribution in [1.82, 2.24) is 0 Å². The largest absolute Gasteiger partial charge is 0.350 e. The predicted octanol–water partition coefficient (Wildman–Crippen LogP) is 3.38. The van der Waals surface area contributed by atoms with Crippen LogP contribution in [0.15, 0.2) is 54.6 Å². The molecule has 2 aromatic rings. The number of aryl methyl sites for hydroxylation is 1. The lowest BCUT2D eigenvalue weighted by Gasteiger charge is -2.19. The molecule has 2 aromatic carbocycles. The second-order valence-corrected chi connectivity index (χ2v) is 5.68. The maximum atomic E-state index is 5.96. The normalized spacial score (nSPS) is 12.4. The van der Waals surface area contributed by atoms with Gasteiger partial charge >= 0.3 is 0 Å². The Balaban J connectivity index is 2.39. The van der Waals surface area contributed by atoms with E-state index >= 15 is 0 Å². The first kappa shape index (κ1) is 12.3. The first-order valence-corrected chi connectivity index (χ1v) is 7.12. The van der Waals surface area contributed by atoms with E-state index in [1.807, 2.05) is 6.07 Å². The van der Waals surface area contributed by atoms with E-state index in [0.29, 0.717) is 0 Å². The zero-order valence-corrected chi connectivity index (χ0v) is 11.2. The number of rotatable bonds is 4. The van der Waals surface area contributed by atoms with Crippen LogP contribution in [0.1, 0.15) is 12.5 Å². The molecule has 0 N–H and O–H groups in total. The molecule has 1 unspecified atom stereocenters. The van der Waals surface area contributed by atoms with Gasteiger partial charge < -0.3 is 4.52 Å². The Morgan fingerprint density at radius 2 is 1.59 bits per heavy atom. The van der Waals surface area contributed by atoms with Crippen LogP contribution in [-0.2, 0) is 4.52 Å². The average Bonchev–Trinajstić information content (AvgIpc) is 2.38. The van der Waals surface area contributed by atoms with Crippen LogP contribution in [0.2, 0.25) is 0 Å². The van der Waals surface area contributed by atoms with Crippen molar-refractivity contribution in [2.45, 2.75) is 13.8 Å². The molecule has 0 heterocycles. The first-order valence-electron chi connectivity index (χ1n) is 5.86. The monoisotopic (exact) mass is 244 g/mol. The smallest absolute Gasteiger partial charge is 0.0919 e. The Bertz CT molecular complexity index is 467. The fourth-order valence-electron chi connectivity index (χ4n) is 1.77. The zero-order chi connectivity index (χ0) is 12.1. The van der Waals surface area contributed by atoms with Crippen molar-refractivity contribution in [3.8, 4) is 0 Å². The highest BCUT2D eigenvalue weighted by Crippen LogP contribution is 2.35. The average molecular weight is 244 g/mol. The van der Waals surface area contributed by atoms with Gasteiger partial charge in [0.25, 0.3) is 0 Å². The SMILES string of the molecule is CCOP(c1ccccc1)c1ccccc1C. The van der Waals surface area contributed by atoms with Crippen molar-refractivity contribution in [2.24, 2.45) is 0 Å². The van der Waals surface area contributed by atoms with Gasteiger partial charge in [-0.1, -0.05) is 54.6 Å². The molecule has 88 valence electrons. The maximum absolute atomic E-state index is 5.96. The van der Waals surface area contributed by atoms with Crippen molar-refractivity contribution in [3.63, 3.8) is 0 Å². The Kier molecular flexibility index (Phi) is 4.30. The van der Waals surface area contributed by atoms with Crippen LogP contribution in [0, 0.1) is 6.92 Å². The molecule has 17 heavy (non-hydrogen) atoms. The molecule has 0 saturated heterocycles. The fraction of sp³-hybridized carbons (Fsp3) is 0.200. The van der Waals surface area contributed by atoms with Gasteiger partial charge in [0.1, 0.15) is 0 Å². The van der Waals surface area contributed by atoms with Gasteiger partial charge in [0.05, 0.1) is 8.15 Å². The quantitative estimate of drug-likeness (QED) is 0.749. The van der Waals surface area contributed by atoms with Gasteiger partial charge in [0.2, 0.25) is 0 Å². The summed E-state index contributed by atoms with van der Waals surface area (Å²) >= 11 is 0. The van der Waals surface area contributed by atoms with E-state index in [4.69, 9.17) is 4.52 Å². The van der Waals surface area contributed by atoms with E-state index in [2.05, 4.69) is 62.4 Å². The van der Waals surface area contributed by atoms with Gasteiger partial charge in [-0.25, -0.2) is 0 Å². The van der Waals surface area contributed by atoms with E-state index in [0.717, 1.165) is 6.61 Å². The molecule has 2 heteroatoms. The second-order valence-electron chi connectivity index (χ2n) is 3.83. The van der Waals surface area contributed by atoms with Gasteiger partial charge in [0.15, 0.2) is 0 Å². The van der Waals surface area contributed by atoms with Crippen molar-refractivity contribution < 1.29 is 4.52 Å². The summed E-state index contributed by atoms with van der Waals surface area (Å²) in [5.74, 6) is 0. The zero-order valence-electron chi connectivity index (χ0n) is 10.3. The summed E-state index contributed by atoms with van der Waals surface area (Å²) in [6.45, 7) is 4.94. The molecule has 1 nitrogen and oxygen atoms in total. The lowest BCUT2D eigenvalue weighted by atomic mass is 10.2.